The number of nitrogens with one attached hydrogen (secondary N) is 2. The summed E-state index contributed by atoms with van der Waals surface area (Å²) in [5.41, 5.74) is 0. The number of likely N-dealkylation sites (tertiary alicyclic amines) is 1. The van der Waals surface area contributed by atoms with Crippen molar-refractivity contribution in [1.29, 1.82) is 0 Å². The Bertz CT molecular complexity index is 325. The summed E-state index contributed by atoms with van der Waals surface area (Å²) in [5.74, 6) is 1.68. The average Bonchev–Trinajstić information content (AvgIpc) is 2.93. The van der Waals surface area contributed by atoms with Crippen LogP contribution in [0.4, 0.5) is 0 Å². The molecule has 23 heavy (non-hydrogen) atoms. The Hall–Kier alpha value is -0.0800. The van der Waals surface area contributed by atoms with Gasteiger partial charge in [-0.05, 0) is 53.1 Å². The second-order valence-electron chi connectivity index (χ2n) is 6.85. The molecule has 138 valence electrons. The number of guanidine groups is 1. The van der Waals surface area contributed by atoms with Crippen LogP contribution in [0, 0.1) is 5.92 Å². The van der Waals surface area contributed by atoms with Crippen LogP contribution in [0.3, 0.4) is 0 Å². The van der Waals surface area contributed by atoms with Crippen LogP contribution in [-0.4, -0.2) is 74.2 Å². The Morgan fingerprint density at radius 1 is 1.22 bits per heavy atom. The minimum absolute atomic E-state index is 0. The highest BCUT2D eigenvalue weighted by Crippen LogP contribution is 2.14. The van der Waals surface area contributed by atoms with E-state index in [9.17, 15) is 0 Å². The van der Waals surface area contributed by atoms with E-state index < -0.39 is 0 Å². The monoisotopic (exact) mass is 439 g/mol. The van der Waals surface area contributed by atoms with Crippen molar-refractivity contribution in [1.82, 2.24) is 20.4 Å². The lowest BCUT2D eigenvalue weighted by molar-refractivity contribution is 0.178. The second kappa shape index (κ2) is 12.3. The fraction of sp³-hybridized carbons (Fsp3) is 0.941. The zero-order chi connectivity index (χ0) is 16.5. The third-order valence-electron chi connectivity index (χ3n) is 4.59. The topological polar surface area (TPSA) is 42.9 Å². The van der Waals surface area contributed by atoms with Gasteiger partial charge in [0.15, 0.2) is 5.96 Å². The van der Waals surface area contributed by atoms with E-state index in [1.54, 1.807) is 0 Å². The smallest absolute Gasteiger partial charge is 0.191 e. The van der Waals surface area contributed by atoms with Gasteiger partial charge < -0.3 is 15.5 Å². The maximum atomic E-state index is 4.34. The van der Waals surface area contributed by atoms with Crippen LogP contribution in [0.2, 0.25) is 0 Å². The van der Waals surface area contributed by atoms with Crippen LogP contribution >= 0.6 is 24.0 Å². The van der Waals surface area contributed by atoms with Gasteiger partial charge in [-0.2, -0.15) is 0 Å². The van der Waals surface area contributed by atoms with E-state index in [1.807, 2.05) is 7.05 Å². The number of nitrogens with zero attached hydrogens (tertiary/aromatic N) is 3. The zero-order valence-electron chi connectivity index (χ0n) is 15.9. The lowest BCUT2D eigenvalue weighted by Crippen LogP contribution is -2.46. The minimum atomic E-state index is 0. The van der Waals surface area contributed by atoms with E-state index in [4.69, 9.17) is 0 Å². The van der Waals surface area contributed by atoms with Gasteiger partial charge in [-0.15, -0.1) is 24.0 Å². The molecule has 0 aromatic rings. The van der Waals surface area contributed by atoms with Crippen molar-refractivity contribution in [3.63, 3.8) is 0 Å². The third-order valence-corrected chi connectivity index (χ3v) is 4.59. The van der Waals surface area contributed by atoms with E-state index in [0.717, 1.165) is 31.5 Å². The van der Waals surface area contributed by atoms with E-state index in [1.165, 1.54) is 26.1 Å². The first-order valence-electron chi connectivity index (χ1n) is 8.90. The number of hydrogen-bond acceptors (Lipinski definition) is 3. The third kappa shape index (κ3) is 8.54. The molecule has 1 saturated heterocycles. The molecular weight excluding hydrogens is 401 g/mol. The van der Waals surface area contributed by atoms with Crippen molar-refractivity contribution in [3.8, 4) is 0 Å². The summed E-state index contributed by atoms with van der Waals surface area (Å²) in [6.07, 6.45) is 1.30. The maximum absolute atomic E-state index is 4.34. The van der Waals surface area contributed by atoms with Crippen LogP contribution < -0.4 is 10.6 Å². The van der Waals surface area contributed by atoms with Gasteiger partial charge >= 0.3 is 0 Å². The summed E-state index contributed by atoms with van der Waals surface area (Å²) in [5, 5.41) is 6.92. The average molecular weight is 439 g/mol. The van der Waals surface area contributed by atoms with E-state index in [0.29, 0.717) is 12.1 Å². The van der Waals surface area contributed by atoms with E-state index in [-0.39, 0.29) is 24.0 Å². The van der Waals surface area contributed by atoms with Crippen LogP contribution in [-0.2, 0) is 0 Å². The summed E-state index contributed by atoms with van der Waals surface area (Å²) in [4.78, 5) is 9.35. The van der Waals surface area contributed by atoms with Crippen LogP contribution in [0.5, 0.6) is 0 Å². The SMILES string of the molecule is CCN1CCC(CNC(=NC)NCCN(C(C)C)C(C)C)C1.I. The van der Waals surface area contributed by atoms with Crippen LogP contribution in [0.1, 0.15) is 41.0 Å². The first-order valence-corrected chi connectivity index (χ1v) is 8.90. The quantitative estimate of drug-likeness (QED) is 0.346. The minimum Gasteiger partial charge on any atom is -0.356 e. The molecule has 1 fully saturated rings. The normalized spacial score (nSPS) is 19.5. The molecule has 1 heterocycles. The molecule has 0 amide bonds. The second-order valence-corrected chi connectivity index (χ2v) is 6.85. The molecule has 0 aliphatic carbocycles. The lowest BCUT2D eigenvalue weighted by Gasteiger charge is -2.30. The first kappa shape index (κ1) is 22.9. The molecule has 2 N–H and O–H groups in total. The van der Waals surface area contributed by atoms with Crippen molar-refractivity contribution in [2.45, 2.75) is 53.1 Å². The Kier molecular flexibility index (Phi) is 12.3. The molecule has 1 rings (SSSR count). The summed E-state index contributed by atoms with van der Waals surface area (Å²) in [6.45, 7) is 17.9. The Morgan fingerprint density at radius 2 is 1.87 bits per heavy atom. The van der Waals surface area contributed by atoms with Crippen molar-refractivity contribution in [3.05, 3.63) is 0 Å². The van der Waals surface area contributed by atoms with Crippen molar-refractivity contribution in [2.75, 3.05) is 46.3 Å². The lowest BCUT2D eigenvalue weighted by atomic mass is 10.1. The standard InChI is InChI=1S/C17H37N5.HI/c1-7-21-10-8-16(13-21)12-20-17(18-6)19-9-11-22(14(2)3)15(4)5;/h14-16H,7-13H2,1-6H3,(H2,18,19,20);1H. The molecule has 1 unspecified atom stereocenters. The number of hydrogen-bond donors (Lipinski definition) is 2. The molecule has 1 aliphatic rings. The fourth-order valence-corrected chi connectivity index (χ4v) is 3.24. The summed E-state index contributed by atoms with van der Waals surface area (Å²) in [6, 6.07) is 1.16. The van der Waals surface area contributed by atoms with E-state index >= 15 is 0 Å². The molecule has 0 saturated carbocycles. The number of rotatable bonds is 8. The van der Waals surface area contributed by atoms with Gasteiger partial charge in [0.05, 0.1) is 0 Å². The predicted molar refractivity (Wildman–Crippen MR) is 112 cm³/mol. The van der Waals surface area contributed by atoms with Crippen molar-refractivity contribution in [2.24, 2.45) is 10.9 Å². The molecule has 0 aromatic carbocycles. The molecular formula is C17H38IN5. The van der Waals surface area contributed by atoms with Crippen molar-refractivity contribution >= 4 is 29.9 Å². The predicted octanol–water partition coefficient (Wildman–Crippen LogP) is 2.23. The highest BCUT2D eigenvalue weighted by Gasteiger charge is 2.21. The molecule has 0 spiro atoms. The van der Waals surface area contributed by atoms with Crippen LogP contribution in [0.15, 0.2) is 4.99 Å². The van der Waals surface area contributed by atoms with E-state index in [2.05, 4.69) is 60.0 Å². The van der Waals surface area contributed by atoms with Gasteiger partial charge in [0.1, 0.15) is 0 Å². The van der Waals surface area contributed by atoms with Gasteiger partial charge in [0.25, 0.3) is 0 Å². The van der Waals surface area contributed by atoms with Gasteiger partial charge in [0, 0.05) is 45.3 Å². The first-order chi connectivity index (χ1) is 10.5. The summed E-state index contributed by atoms with van der Waals surface area (Å²) in [7, 11) is 1.85. The highest BCUT2D eigenvalue weighted by molar-refractivity contribution is 14.0. The Morgan fingerprint density at radius 3 is 2.35 bits per heavy atom. The van der Waals surface area contributed by atoms with Gasteiger partial charge in [-0.1, -0.05) is 6.92 Å². The Balaban J connectivity index is 0.00000484. The molecule has 0 bridgehead atoms. The molecule has 0 radical (unpaired) electrons. The Labute approximate surface area is 160 Å². The number of aliphatic imine (C=N–C) groups is 1. The number of halogens is 1. The molecule has 1 aliphatic heterocycles. The van der Waals surface area contributed by atoms with Gasteiger partial charge in [-0.3, -0.25) is 9.89 Å². The molecule has 1 atom stereocenters. The van der Waals surface area contributed by atoms with Crippen LogP contribution in [0.25, 0.3) is 0 Å². The highest BCUT2D eigenvalue weighted by atomic mass is 127. The molecule has 6 heteroatoms. The fourth-order valence-electron chi connectivity index (χ4n) is 3.24. The van der Waals surface area contributed by atoms with Gasteiger partial charge in [-0.25, -0.2) is 0 Å². The zero-order valence-corrected chi connectivity index (χ0v) is 18.3. The summed E-state index contributed by atoms with van der Waals surface area (Å²) < 4.78 is 0. The summed E-state index contributed by atoms with van der Waals surface area (Å²) >= 11 is 0. The largest absolute Gasteiger partial charge is 0.356 e. The molecule has 5 nitrogen and oxygen atoms in total. The van der Waals surface area contributed by atoms with Gasteiger partial charge in [0.2, 0.25) is 0 Å². The maximum Gasteiger partial charge on any atom is 0.191 e. The van der Waals surface area contributed by atoms with Crippen molar-refractivity contribution < 1.29 is 0 Å². The molecule has 0 aromatic heterocycles.